The number of methoxy groups -OCH3 is 2. The number of fused-ring (bicyclic) bond motifs is 6. The molecule has 2 aromatic carbocycles. The molecular weight excluding hydrogens is 717 g/mol. The average molecular weight is 769 g/mol. The number of carbonyl (C=O) groups is 3. The highest BCUT2D eigenvalue weighted by atomic mass is 32.1. The first kappa shape index (κ1) is 38.3. The molecule has 3 aromatic heterocycles. The van der Waals surface area contributed by atoms with Crippen molar-refractivity contribution >= 4 is 51.2 Å². The van der Waals surface area contributed by atoms with Crippen molar-refractivity contribution in [3.63, 3.8) is 0 Å². The molecule has 292 valence electrons. The fourth-order valence-electron chi connectivity index (χ4n) is 8.11. The zero-order valence-corrected chi connectivity index (χ0v) is 33.3. The number of nitrogens with two attached hydrogens (primary N) is 1. The molecule has 1 saturated heterocycles. The number of nitrogens with zero attached hydrogens (tertiary/aromatic N) is 3. The molecule has 4 atom stereocenters. The van der Waals surface area contributed by atoms with Crippen molar-refractivity contribution in [3.05, 3.63) is 59.3 Å². The van der Waals surface area contributed by atoms with Gasteiger partial charge >= 0.3 is 12.2 Å². The van der Waals surface area contributed by atoms with Crippen molar-refractivity contribution in [2.24, 2.45) is 17.6 Å². The van der Waals surface area contributed by atoms with Gasteiger partial charge in [-0.15, -0.1) is 11.3 Å². The average Bonchev–Trinajstić information content (AvgIpc) is 4.01. The van der Waals surface area contributed by atoms with Crippen molar-refractivity contribution in [1.82, 2.24) is 35.5 Å². The molecule has 7 rings (SSSR count). The van der Waals surface area contributed by atoms with Gasteiger partial charge in [0.25, 0.3) is 0 Å². The predicted octanol–water partition coefficient (Wildman–Crippen LogP) is 7.38. The van der Waals surface area contributed by atoms with Crippen LogP contribution in [0.1, 0.15) is 94.7 Å². The van der Waals surface area contributed by atoms with Crippen LogP contribution in [-0.4, -0.2) is 82.3 Å². The molecule has 14 heteroatoms. The highest BCUT2D eigenvalue weighted by Crippen LogP contribution is 2.46. The van der Waals surface area contributed by atoms with Gasteiger partial charge in [0, 0.05) is 35.2 Å². The monoisotopic (exact) mass is 768 g/mol. The van der Waals surface area contributed by atoms with Gasteiger partial charge in [0.15, 0.2) is 0 Å². The standard InChI is InChI=1S/C41H52N8O5S/c1-21(2)29(45-40(51)53-5)18-25(9-7-15-42)37-43-28-14-12-23-17-24(11-13-27(23)34(28)46-37)32-20-26-19-30-35(36(26)55-32)47-38(44-30)31-10-8-16-49(31)39(50)33(22(3)4)48-41(52)54-6/h11-14,17,20-22,25,29,31,33H,7-10,15-16,18-19,42H2,1-6H3,(H,43,46)(H,44,47)(H,45,51)(H,48,52)/t25?,29-,31+,33+/m1/s1. The molecule has 6 N–H and O–H groups in total. The van der Waals surface area contributed by atoms with E-state index >= 15 is 0 Å². The van der Waals surface area contributed by atoms with E-state index in [0.717, 1.165) is 88.9 Å². The van der Waals surface area contributed by atoms with E-state index in [-0.39, 0.29) is 35.7 Å². The number of alkyl carbamates (subject to hydrolysis) is 2. The number of H-pyrrole nitrogens is 2. The predicted molar refractivity (Wildman–Crippen MR) is 215 cm³/mol. The highest BCUT2D eigenvalue weighted by molar-refractivity contribution is 7.19. The lowest BCUT2D eigenvalue weighted by atomic mass is 9.89. The summed E-state index contributed by atoms with van der Waals surface area (Å²) in [5.41, 5.74) is 12.3. The SMILES string of the molecule is COC(=O)N[C@H](C(=O)N1CCC[C@H]1c1nc2c([nH]1)-c1sc(-c3ccc4c(ccc5nc(C(CCCN)C[C@@H](NC(=O)OC)C(C)C)[nH]c54)c3)cc1C2)C(C)C. The third-order valence-corrected chi connectivity index (χ3v) is 12.4. The Labute approximate surface area is 325 Å². The molecule has 55 heavy (non-hydrogen) atoms. The Morgan fingerprint density at radius 3 is 2.51 bits per heavy atom. The van der Waals surface area contributed by atoms with Gasteiger partial charge in [0.05, 0.1) is 47.6 Å². The van der Waals surface area contributed by atoms with Crippen LogP contribution in [0.4, 0.5) is 9.59 Å². The molecule has 0 spiro atoms. The molecule has 2 aliphatic rings. The smallest absolute Gasteiger partial charge is 0.407 e. The van der Waals surface area contributed by atoms with Crippen LogP contribution in [0.3, 0.4) is 0 Å². The summed E-state index contributed by atoms with van der Waals surface area (Å²) in [6.07, 6.45) is 3.82. The molecule has 3 amide bonds. The van der Waals surface area contributed by atoms with E-state index in [4.69, 9.17) is 25.2 Å². The minimum absolute atomic E-state index is 0.0690. The first-order valence-electron chi connectivity index (χ1n) is 19.3. The fourth-order valence-corrected chi connectivity index (χ4v) is 9.31. The summed E-state index contributed by atoms with van der Waals surface area (Å²) in [6, 6.07) is 12.2. The third kappa shape index (κ3) is 7.66. The van der Waals surface area contributed by atoms with E-state index < -0.39 is 18.2 Å². The van der Waals surface area contributed by atoms with Crippen LogP contribution in [0.25, 0.3) is 42.8 Å². The summed E-state index contributed by atoms with van der Waals surface area (Å²) >= 11 is 1.76. The van der Waals surface area contributed by atoms with Crippen LogP contribution >= 0.6 is 11.3 Å². The van der Waals surface area contributed by atoms with Crippen LogP contribution in [0, 0.1) is 11.8 Å². The van der Waals surface area contributed by atoms with Crippen molar-refractivity contribution < 1.29 is 23.9 Å². The lowest BCUT2D eigenvalue weighted by Gasteiger charge is -2.30. The number of ether oxygens (including phenoxy) is 2. The number of carbonyl (C=O) groups excluding carboxylic acids is 3. The van der Waals surface area contributed by atoms with Gasteiger partial charge < -0.3 is 40.7 Å². The molecule has 5 aromatic rings. The van der Waals surface area contributed by atoms with E-state index in [9.17, 15) is 14.4 Å². The minimum atomic E-state index is -0.674. The van der Waals surface area contributed by atoms with Crippen LogP contribution in [0.15, 0.2) is 36.4 Å². The summed E-state index contributed by atoms with van der Waals surface area (Å²) in [5.74, 6) is 1.81. The number of aromatic amines is 2. The Balaban J connectivity index is 1.12. The van der Waals surface area contributed by atoms with Crippen molar-refractivity contribution in [2.45, 2.75) is 90.3 Å². The van der Waals surface area contributed by atoms with Gasteiger partial charge in [-0.05, 0) is 85.2 Å². The molecule has 4 heterocycles. The van der Waals surface area contributed by atoms with E-state index in [0.29, 0.717) is 13.1 Å². The largest absolute Gasteiger partial charge is 0.453 e. The Morgan fingerprint density at radius 1 is 1.00 bits per heavy atom. The first-order chi connectivity index (χ1) is 26.5. The van der Waals surface area contributed by atoms with Crippen LogP contribution in [0.2, 0.25) is 0 Å². The normalized spacial score (nSPS) is 16.7. The Hall–Kier alpha value is -4.95. The lowest BCUT2D eigenvalue weighted by molar-refractivity contribution is -0.135. The van der Waals surface area contributed by atoms with E-state index in [1.807, 2.05) is 18.7 Å². The topological polar surface area (TPSA) is 180 Å². The number of hydrogen-bond donors (Lipinski definition) is 5. The highest BCUT2D eigenvalue weighted by Gasteiger charge is 2.39. The first-order valence-corrected chi connectivity index (χ1v) is 20.1. The number of rotatable bonds is 13. The number of nitrogens with one attached hydrogen (secondary N) is 4. The number of aromatic nitrogens is 4. The number of imidazole rings is 2. The number of likely N-dealkylation sites (tertiary alicyclic amines) is 1. The Bertz CT molecular complexity index is 2200. The summed E-state index contributed by atoms with van der Waals surface area (Å²) in [7, 11) is 2.69. The second-order valence-electron chi connectivity index (χ2n) is 15.5. The van der Waals surface area contributed by atoms with Gasteiger partial charge in [0.1, 0.15) is 17.7 Å². The second kappa shape index (κ2) is 16.0. The Kier molecular flexibility index (Phi) is 11.2. The summed E-state index contributed by atoms with van der Waals surface area (Å²) in [4.78, 5) is 59.4. The zero-order valence-electron chi connectivity index (χ0n) is 32.5. The Morgan fingerprint density at radius 2 is 1.78 bits per heavy atom. The van der Waals surface area contributed by atoms with E-state index in [1.54, 1.807) is 11.3 Å². The number of amides is 3. The van der Waals surface area contributed by atoms with Crippen LogP contribution in [0.5, 0.6) is 0 Å². The number of hydrogen-bond acceptors (Lipinski definition) is 9. The van der Waals surface area contributed by atoms with Gasteiger partial charge in [0.2, 0.25) is 5.91 Å². The molecule has 0 saturated carbocycles. The number of benzene rings is 2. The maximum Gasteiger partial charge on any atom is 0.407 e. The fraction of sp³-hybridized carbons (Fsp3) is 0.488. The van der Waals surface area contributed by atoms with Crippen molar-refractivity contribution in [2.75, 3.05) is 27.3 Å². The van der Waals surface area contributed by atoms with E-state index in [2.05, 4.69) is 70.8 Å². The maximum absolute atomic E-state index is 13.7. The van der Waals surface area contributed by atoms with Gasteiger partial charge in [-0.3, -0.25) is 4.79 Å². The minimum Gasteiger partial charge on any atom is -0.453 e. The van der Waals surface area contributed by atoms with Gasteiger partial charge in [-0.1, -0.05) is 45.9 Å². The van der Waals surface area contributed by atoms with Crippen LogP contribution in [-0.2, 0) is 20.7 Å². The second-order valence-corrected chi connectivity index (χ2v) is 16.6. The molecular formula is C41H52N8O5S. The molecule has 0 radical (unpaired) electrons. The summed E-state index contributed by atoms with van der Waals surface area (Å²) in [6.45, 7) is 9.25. The third-order valence-electron chi connectivity index (χ3n) is 11.2. The summed E-state index contributed by atoms with van der Waals surface area (Å²) < 4.78 is 9.69. The molecule has 1 aliphatic heterocycles. The zero-order chi connectivity index (χ0) is 39.0. The quantitative estimate of drug-likeness (QED) is 0.0808. The molecule has 13 nitrogen and oxygen atoms in total. The summed E-state index contributed by atoms with van der Waals surface area (Å²) in [5, 5.41) is 7.97. The van der Waals surface area contributed by atoms with Crippen molar-refractivity contribution in [3.8, 4) is 21.0 Å². The molecule has 1 aliphatic carbocycles. The van der Waals surface area contributed by atoms with Crippen LogP contribution < -0.4 is 16.4 Å². The van der Waals surface area contributed by atoms with Gasteiger partial charge in [-0.2, -0.15) is 0 Å². The van der Waals surface area contributed by atoms with Gasteiger partial charge in [-0.25, -0.2) is 19.6 Å². The molecule has 0 bridgehead atoms. The van der Waals surface area contributed by atoms with Crippen molar-refractivity contribution in [1.29, 1.82) is 0 Å². The lowest BCUT2D eigenvalue weighted by Crippen LogP contribution is -2.51. The molecule has 1 unspecified atom stereocenters. The van der Waals surface area contributed by atoms with E-state index in [1.165, 1.54) is 29.5 Å². The maximum atomic E-state index is 13.7. The molecule has 1 fully saturated rings. The number of thiophene rings is 1.